The molecule has 0 bridgehead atoms. The van der Waals surface area contributed by atoms with Crippen molar-refractivity contribution in [3.8, 4) is 0 Å². The van der Waals surface area contributed by atoms with E-state index in [-0.39, 0.29) is 29.8 Å². The summed E-state index contributed by atoms with van der Waals surface area (Å²) in [6.45, 7) is 7.94. The number of aliphatic imine (C=N–C) groups is 1. The monoisotopic (exact) mass is 524 g/mol. The first-order valence-corrected chi connectivity index (χ1v) is 12.8. The number of fused-ring (bicyclic) bond motifs is 1. The molecule has 1 aliphatic heterocycles. The molecule has 11 heteroatoms. The highest BCUT2D eigenvalue weighted by atomic mass is 32.2. The van der Waals surface area contributed by atoms with Crippen LogP contribution in [0.25, 0.3) is 0 Å². The number of rotatable bonds is 6. The summed E-state index contributed by atoms with van der Waals surface area (Å²) in [4.78, 5) is 23.6. The maximum absolute atomic E-state index is 13.9. The predicted molar refractivity (Wildman–Crippen MR) is 133 cm³/mol. The molecule has 2 aromatic rings. The van der Waals surface area contributed by atoms with E-state index in [2.05, 4.69) is 15.3 Å². The average molecular weight is 525 g/mol. The van der Waals surface area contributed by atoms with Crippen molar-refractivity contribution < 1.29 is 26.6 Å². The van der Waals surface area contributed by atoms with Gasteiger partial charge in [0.15, 0.2) is 0 Å². The Hall–Kier alpha value is -3.08. The second kappa shape index (κ2) is 11.3. The molecule has 1 atom stereocenters. The van der Waals surface area contributed by atoms with Crippen molar-refractivity contribution >= 4 is 33.1 Å². The molecular weight excluding hydrogens is 496 g/mol. The van der Waals surface area contributed by atoms with Gasteiger partial charge in [-0.2, -0.15) is 13.2 Å². The van der Waals surface area contributed by atoms with Gasteiger partial charge in [-0.3, -0.25) is 14.0 Å². The van der Waals surface area contributed by atoms with Crippen LogP contribution in [0.5, 0.6) is 0 Å². The summed E-state index contributed by atoms with van der Waals surface area (Å²) in [6, 6.07) is 4.42. The van der Waals surface area contributed by atoms with Gasteiger partial charge in [0.1, 0.15) is 16.6 Å². The molecule has 0 fully saturated rings. The molecule has 1 aliphatic rings. The molecule has 0 aliphatic carbocycles. The fraction of sp³-hybridized carbons (Fsp3) is 0.400. The zero-order chi connectivity index (χ0) is 26.6. The standard InChI is InChI=1S/C25H28F4N4O2S/c1-5-21(32-23(15(3)4)36(35)6-2)24(34)33-10-9-16-11-18(13-30-22(16)14-33)31-17-7-8-19(20(26)12-17)25(27,28)29/h5,7-8,11-13,15,31H,6,9-10,14H2,1-4H3/b21-5-,32-23?. The van der Waals surface area contributed by atoms with Crippen LogP contribution in [0.3, 0.4) is 0 Å². The van der Waals surface area contributed by atoms with E-state index in [1.165, 1.54) is 6.20 Å². The maximum Gasteiger partial charge on any atom is 0.419 e. The second-order valence-corrected chi connectivity index (χ2v) is 10.2. The van der Waals surface area contributed by atoms with Crippen molar-refractivity contribution in [2.45, 2.75) is 46.8 Å². The number of allylic oxidation sites excluding steroid dienone is 1. The molecule has 194 valence electrons. The topological polar surface area (TPSA) is 74.7 Å². The first-order valence-electron chi connectivity index (χ1n) is 11.5. The van der Waals surface area contributed by atoms with Crippen LogP contribution in [-0.4, -0.2) is 37.3 Å². The molecule has 1 N–H and O–H groups in total. The maximum atomic E-state index is 13.9. The van der Waals surface area contributed by atoms with Crippen LogP contribution in [0, 0.1) is 11.7 Å². The number of pyridine rings is 1. The van der Waals surface area contributed by atoms with Gasteiger partial charge in [0, 0.05) is 23.9 Å². The minimum absolute atomic E-state index is 0.0682. The minimum Gasteiger partial charge on any atom is -0.354 e. The van der Waals surface area contributed by atoms with Crippen LogP contribution in [0.4, 0.5) is 28.9 Å². The fourth-order valence-electron chi connectivity index (χ4n) is 3.75. The number of hydrogen-bond donors (Lipinski definition) is 1. The van der Waals surface area contributed by atoms with E-state index < -0.39 is 28.4 Å². The Kier molecular flexibility index (Phi) is 8.65. The van der Waals surface area contributed by atoms with Crippen molar-refractivity contribution in [3.05, 3.63) is 64.9 Å². The highest BCUT2D eigenvalue weighted by Gasteiger charge is 2.34. The number of nitrogens with one attached hydrogen (secondary N) is 1. The molecular formula is C25H28F4N4O2S. The Bertz CT molecular complexity index is 1230. The number of halogens is 4. The van der Waals surface area contributed by atoms with Gasteiger partial charge in [-0.25, -0.2) is 9.38 Å². The number of aromatic nitrogens is 1. The summed E-state index contributed by atoms with van der Waals surface area (Å²) < 4.78 is 64.6. The number of carbonyl (C=O) groups excluding carboxylic acids is 1. The molecule has 1 aromatic carbocycles. The van der Waals surface area contributed by atoms with E-state index in [9.17, 15) is 26.6 Å². The zero-order valence-corrected chi connectivity index (χ0v) is 21.3. The van der Waals surface area contributed by atoms with E-state index in [4.69, 9.17) is 0 Å². The summed E-state index contributed by atoms with van der Waals surface area (Å²) in [5.41, 5.74) is 1.11. The van der Waals surface area contributed by atoms with Gasteiger partial charge in [0.05, 0.1) is 40.5 Å². The SMILES string of the molecule is C/C=C(\N=C(C(C)C)S(=O)CC)C(=O)N1CCc2cc(Nc3ccc(C(F)(F)F)c(F)c3)cnc2C1. The van der Waals surface area contributed by atoms with E-state index in [1.54, 1.807) is 30.9 Å². The number of anilines is 2. The van der Waals surface area contributed by atoms with Gasteiger partial charge >= 0.3 is 6.18 Å². The van der Waals surface area contributed by atoms with Crippen LogP contribution < -0.4 is 5.32 Å². The summed E-state index contributed by atoms with van der Waals surface area (Å²) in [5.74, 6) is -1.29. The second-order valence-electron chi connectivity index (χ2n) is 8.54. The molecule has 2 heterocycles. The molecule has 1 amide bonds. The normalized spacial score (nSPS) is 15.6. The number of carbonyl (C=O) groups is 1. The molecule has 6 nitrogen and oxygen atoms in total. The molecule has 1 aromatic heterocycles. The third-order valence-corrected chi connectivity index (χ3v) is 7.17. The van der Waals surface area contributed by atoms with E-state index in [0.717, 1.165) is 17.7 Å². The van der Waals surface area contributed by atoms with Gasteiger partial charge in [0.25, 0.3) is 5.91 Å². The Balaban J connectivity index is 1.75. The Morgan fingerprint density at radius 3 is 2.58 bits per heavy atom. The van der Waals surface area contributed by atoms with E-state index in [0.29, 0.717) is 41.2 Å². The van der Waals surface area contributed by atoms with Crippen molar-refractivity contribution in [1.29, 1.82) is 0 Å². The molecule has 0 saturated heterocycles. The van der Waals surface area contributed by atoms with Crippen LogP contribution in [0.15, 0.2) is 47.2 Å². The van der Waals surface area contributed by atoms with Gasteiger partial charge < -0.3 is 10.2 Å². The van der Waals surface area contributed by atoms with Gasteiger partial charge in [-0.05, 0) is 43.2 Å². The van der Waals surface area contributed by atoms with Crippen molar-refractivity contribution in [1.82, 2.24) is 9.88 Å². The molecule has 3 rings (SSSR count). The molecule has 36 heavy (non-hydrogen) atoms. The van der Waals surface area contributed by atoms with Crippen LogP contribution >= 0.6 is 0 Å². The molecule has 1 unspecified atom stereocenters. The van der Waals surface area contributed by atoms with Crippen LogP contribution in [0.2, 0.25) is 0 Å². The summed E-state index contributed by atoms with van der Waals surface area (Å²) in [7, 11) is -1.26. The lowest BCUT2D eigenvalue weighted by atomic mass is 10.0. The van der Waals surface area contributed by atoms with E-state index in [1.807, 2.05) is 13.8 Å². The average Bonchev–Trinajstić information content (AvgIpc) is 2.82. The lowest BCUT2D eigenvalue weighted by Crippen LogP contribution is -2.37. The lowest BCUT2D eigenvalue weighted by Gasteiger charge is -2.28. The van der Waals surface area contributed by atoms with Crippen molar-refractivity contribution in [2.75, 3.05) is 17.6 Å². The minimum atomic E-state index is -4.76. The highest BCUT2D eigenvalue weighted by molar-refractivity contribution is 8.00. The molecule has 0 radical (unpaired) electrons. The first kappa shape index (κ1) is 27.5. The number of benzene rings is 1. The Morgan fingerprint density at radius 1 is 1.28 bits per heavy atom. The number of hydrogen-bond acceptors (Lipinski definition) is 5. The number of alkyl halides is 3. The van der Waals surface area contributed by atoms with Gasteiger partial charge in [-0.1, -0.05) is 26.8 Å². The smallest absolute Gasteiger partial charge is 0.354 e. The largest absolute Gasteiger partial charge is 0.419 e. The third-order valence-electron chi connectivity index (χ3n) is 5.61. The van der Waals surface area contributed by atoms with Crippen LogP contribution in [0.1, 0.15) is 44.5 Å². The molecule has 0 spiro atoms. The van der Waals surface area contributed by atoms with Crippen molar-refractivity contribution in [2.24, 2.45) is 10.9 Å². The van der Waals surface area contributed by atoms with Crippen LogP contribution in [-0.2, 0) is 34.7 Å². The van der Waals surface area contributed by atoms with Gasteiger partial charge in [0.2, 0.25) is 0 Å². The predicted octanol–water partition coefficient (Wildman–Crippen LogP) is 5.59. The number of nitrogens with zero attached hydrogens (tertiary/aromatic N) is 3. The summed E-state index contributed by atoms with van der Waals surface area (Å²) >= 11 is 0. The highest BCUT2D eigenvalue weighted by Crippen LogP contribution is 2.33. The van der Waals surface area contributed by atoms with Crippen molar-refractivity contribution in [3.63, 3.8) is 0 Å². The number of amides is 1. The Morgan fingerprint density at radius 2 is 2.00 bits per heavy atom. The lowest BCUT2D eigenvalue weighted by molar-refractivity contribution is -0.140. The van der Waals surface area contributed by atoms with Gasteiger partial charge in [-0.15, -0.1) is 0 Å². The molecule has 0 saturated carbocycles. The first-order chi connectivity index (χ1) is 16.9. The quantitative estimate of drug-likeness (QED) is 0.231. The third kappa shape index (κ3) is 6.37. The summed E-state index contributed by atoms with van der Waals surface area (Å²) in [6.07, 6.45) is -1.17. The Labute approximate surface area is 210 Å². The zero-order valence-electron chi connectivity index (χ0n) is 20.4. The van der Waals surface area contributed by atoms with E-state index >= 15 is 0 Å². The fourth-order valence-corrected chi connectivity index (χ4v) is 4.77. The summed E-state index contributed by atoms with van der Waals surface area (Å²) in [5, 5.41) is 3.35.